The van der Waals surface area contributed by atoms with Crippen LogP contribution in [0, 0.1) is 0 Å². The summed E-state index contributed by atoms with van der Waals surface area (Å²) in [6.45, 7) is 5.27. The Labute approximate surface area is 209 Å². The van der Waals surface area contributed by atoms with E-state index in [2.05, 4.69) is 4.99 Å². The topological polar surface area (TPSA) is 88.2 Å². The summed E-state index contributed by atoms with van der Waals surface area (Å²) in [6, 6.07) is 5.55. The third kappa shape index (κ3) is 5.74. The molecule has 2 aliphatic heterocycles. The van der Waals surface area contributed by atoms with Crippen molar-refractivity contribution < 1.29 is 27.5 Å². The normalized spacial score (nSPS) is 27.6. The second-order valence-corrected chi connectivity index (χ2v) is 9.89. The van der Waals surface area contributed by atoms with Crippen LogP contribution in [0.2, 0.25) is 0 Å². The molecule has 1 saturated carbocycles. The number of likely N-dealkylation sites (tertiary alicyclic amines) is 1. The maximum absolute atomic E-state index is 13.4. The molecule has 0 bridgehead atoms. The molecule has 0 aromatic heterocycles. The van der Waals surface area contributed by atoms with Crippen molar-refractivity contribution in [2.24, 2.45) is 10.7 Å². The van der Waals surface area contributed by atoms with E-state index < -0.39 is 11.7 Å². The molecule has 1 unspecified atom stereocenters. The highest BCUT2D eigenvalue weighted by atomic mass is 19.4. The first-order chi connectivity index (χ1) is 17.0. The molecule has 10 heteroatoms. The maximum atomic E-state index is 13.4. The van der Waals surface area contributed by atoms with Gasteiger partial charge in [-0.3, -0.25) is 14.6 Å². The zero-order valence-corrected chi connectivity index (χ0v) is 20.7. The van der Waals surface area contributed by atoms with Crippen molar-refractivity contribution in [2.45, 2.75) is 63.8 Å². The number of carbonyl (C=O) groups is 2. The molecular formula is C26H33F3N4O3. The molecule has 4 rings (SSSR count). The molecule has 2 amide bonds. The van der Waals surface area contributed by atoms with E-state index in [1.165, 1.54) is 12.1 Å². The Kier molecular flexibility index (Phi) is 7.73. The summed E-state index contributed by atoms with van der Waals surface area (Å²) >= 11 is 0. The van der Waals surface area contributed by atoms with Crippen LogP contribution in [0.3, 0.4) is 0 Å². The Morgan fingerprint density at radius 1 is 1.08 bits per heavy atom. The number of rotatable bonds is 4. The first-order valence-electron chi connectivity index (χ1n) is 12.5. The number of hydrogen-bond acceptors (Lipinski definition) is 5. The zero-order chi connectivity index (χ0) is 26.0. The van der Waals surface area contributed by atoms with Crippen LogP contribution in [0.5, 0.6) is 0 Å². The Balaban J connectivity index is 1.41. The molecule has 3 atom stereocenters. The van der Waals surface area contributed by atoms with Crippen molar-refractivity contribution >= 4 is 17.5 Å². The Hall–Kier alpha value is -2.88. The highest BCUT2D eigenvalue weighted by molar-refractivity contribution is 6.09. The lowest BCUT2D eigenvalue weighted by molar-refractivity contribution is -0.139. The molecule has 36 heavy (non-hydrogen) atoms. The second kappa shape index (κ2) is 10.6. The van der Waals surface area contributed by atoms with E-state index >= 15 is 0 Å². The van der Waals surface area contributed by atoms with Crippen molar-refractivity contribution in [3.63, 3.8) is 0 Å². The SMILES string of the molecule is C[C@@H]1CN(C(=O)/C(N)=C2\CCCC2=NCC(=O)N2CCC(c3ccccc3C(F)(F)F)C2)C[C@H](C)O1. The molecule has 0 radical (unpaired) electrons. The molecule has 2 saturated heterocycles. The van der Waals surface area contributed by atoms with Crippen molar-refractivity contribution in [3.05, 3.63) is 46.7 Å². The van der Waals surface area contributed by atoms with Crippen LogP contribution >= 0.6 is 0 Å². The lowest BCUT2D eigenvalue weighted by Gasteiger charge is -2.35. The Morgan fingerprint density at radius 3 is 2.47 bits per heavy atom. The number of nitrogens with zero attached hydrogens (tertiary/aromatic N) is 3. The lowest BCUT2D eigenvalue weighted by Crippen LogP contribution is -2.49. The molecule has 3 fully saturated rings. The van der Waals surface area contributed by atoms with Crippen LogP contribution in [0.4, 0.5) is 13.2 Å². The van der Waals surface area contributed by atoms with E-state index in [4.69, 9.17) is 10.5 Å². The number of aliphatic imine (C=N–C) groups is 1. The van der Waals surface area contributed by atoms with Gasteiger partial charge in [-0.15, -0.1) is 0 Å². The standard InChI is InChI=1S/C26H33F3N4O3/c1-16-13-33(14-17(2)36-16)25(35)24(30)20-7-5-9-22(20)31-12-23(34)32-11-10-18(15-32)19-6-3-4-8-21(19)26(27,28)29/h3-4,6,8,16-18H,5,7,9-15,30H2,1-2H3/b24-20-,31-22?/t16-,17+,18?. The minimum atomic E-state index is -4.43. The summed E-state index contributed by atoms with van der Waals surface area (Å²) in [5, 5.41) is 0. The Morgan fingerprint density at radius 2 is 1.78 bits per heavy atom. The third-order valence-electron chi connectivity index (χ3n) is 7.10. The van der Waals surface area contributed by atoms with E-state index in [-0.39, 0.29) is 54.3 Å². The number of morpholine rings is 1. The summed E-state index contributed by atoms with van der Waals surface area (Å²) in [7, 11) is 0. The summed E-state index contributed by atoms with van der Waals surface area (Å²) in [6.07, 6.45) is -2.05. The van der Waals surface area contributed by atoms with E-state index in [1.54, 1.807) is 15.9 Å². The number of halogens is 3. The molecule has 3 aliphatic rings. The van der Waals surface area contributed by atoms with Crippen molar-refractivity contribution in [2.75, 3.05) is 32.7 Å². The molecular weight excluding hydrogens is 473 g/mol. The molecule has 2 N–H and O–H groups in total. The van der Waals surface area contributed by atoms with Crippen LogP contribution in [0.15, 0.2) is 40.5 Å². The van der Waals surface area contributed by atoms with E-state index in [0.29, 0.717) is 50.2 Å². The van der Waals surface area contributed by atoms with Gasteiger partial charge >= 0.3 is 6.18 Å². The van der Waals surface area contributed by atoms with Gasteiger partial charge in [-0.1, -0.05) is 18.2 Å². The highest BCUT2D eigenvalue weighted by Crippen LogP contribution is 2.38. The number of nitrogens with two attached hydrogens (primary N) is 1. The molecule has 1 aliphatic carbocycles. The zero-order valence-electron chi connectivity index (χ0n) is 20.7. The predicted octanol–water partition coefficient (Wildman–Crippen LogP) is 3.49. The second-order valence-electron chi connectivity index (χ2n) is 9.89. The number of carbonyl (C=O) groups excluding carboxylic acids is 2. The third-order valence-corrected chi connectivity index (χ3v) is 7.10. The summed E-state index contributed by atoms with van der Waals surface area (Å²) < 4.78 is 46.0. The number of allylic oxidation sites excluding steroid dienone is 1. The Bertz CT molecular complexity index is 1060. The van der Waals surface area contributed by atoms with Crippen molar-refractivity contribution in [1.82, 2.24) is 9.80 Å². The largest absolute Gasteiger partial charge is 0.416 e. The van der Waals surface area contributed by atoms with Gasteiger partial charge in [-0.05, 0) is 51.2 Å². The predicted molar refractivity (Wildman–Crippen MR) is 129 cm³/mol. The van der Waals surface area contributed by atoms with E-state index in [9.17, 15) is 22.8 Å². The van der Waals surface area contributed by atoms with Crippen LogP contribution in [-0.2, 0) is 20.5 Å². The number of ether oxygens (including phenoxy) is 1. The summed E-state index contributed by atoms with van der Waals surface area (Å²) in [5.74, 6) is -0.840. The molecule has 196 valence electrons. The average molecular weight is 507 g/mol. The van der Waals surface area contributed by atoms with Crippen LogP contribution in [0.25, 0.3) is 0 Å². The molecule has 1 aromatic rings. The fourth-order valence-electron chi connectivity index (χ4n) is 5.45. The van der Waals surface area contributed by atoms with Gasteiger partial charge in [0.05, 0.1) is 17.8 Å². The van der Waals surface area contributed by atoms with Crippen molar-refractivity contribution in [3.8, 4) is 0 Å². The molecule has 2 heterocycles. The first kappa shape index (κ1) is 26.2. The summed E-state index contributed by atoms with van der Waals surface area (Å²) in [5.41, 5.74) is 7.39. The van der Waals surface area contributed by atoms with E-state index in [1.807, 2.05) is 13.8 Å². The van der Waals surface area contributed by atoms with Gasteiger partial charge < -0.3 is 20.3 Å². The van der Waals surface area contributed by atoms with Gasteiger partial charge in [0.2, 0.25) is 5.91 Å². The number of hydrogen-bond donors (Lipinski definition) is 1. The van der Waals surface area contributed by atoms with Crippen molar-refractivity contribution in [1.29, 1.82) is 0 Å². The van der Waals surface area contributed by atoms with Gasteiger partial charge in [-0.25, -0.2) is 0 Å². The number of amides is 2. The fourth-order valence-corrected chi connectivity index (χ4v) is 5.45. The minimum absolute atomic E-state index is 0.0720. The quantitative estimate of drug-likeness (QED) is 0.634. The monoisotopic (exact) mass is 506 g/mol. The van der Waals surface area contributed by atoms with Gasteiger partial charge in [0.1, 0.15) is 12.2 Å². The van der Waals surface area contributed by atoms with Gasteiger partial charge in [0.25, 0.3) is 5.91 Å². The molecule has 0 spiro atoms. The van der Waals surface area contributed by atoms with Crippen LogP contribution in [0.1, 0.15) is 56.6 Å². The van der Waals surface area contributed by atoms with Gasteiger partial charge in [0.15, 0.2) is 0 Å². The number of alkyl halides is 3. The minimum Gasteiger partial charge on any atom is -0.394 e. The molecule has 7 nitrogen and oxygen atoms in total. The fraction of sp³-hybridized carbons (Fsp3) is 0.577. The van der Waals surface area contributed by atoms with Crippen LogP contribution in [-0.4, -0.2) is 72.3 Å². The van der Waals surface area contributed by atoms with Gasteiger partial charge in [-0.2, -0.15) is 13.2 Å². The highest BCUT2D eigenvalue weighted by Gasteiger charge is 2.37. The lowest BCUT2D eigenvalue weighted by atomic mass is 9.93. The smallest absolute Gasteiger partial charge is 0.394 e. The molecule has 1 aromatic carbocycles. The van der Waals surface area contributed by atoms with Gasteiger partial charge in [0, 0.05) is 43.4 Å². The van der Waals surface area contributed by atoms with Crippen LogP contribution < -0.4 is 5.73 Å². The average Bonchev–Trinajstić information content (AvgIpc) is 3.50. The first-order valence-corrected chi connectivity index (χ1v) is 12.5. The number of benzene rings is 1. The van der Waals surface area contributed by atoms with E-state index in [0.717, 1.165) is 12.5 Å². The summed E-state index contributed by atoms with van der Waals surface area (Å²) in [4.78, 5) is 33.6. The maximum Gasteiger partial charge on any atom is 0.416 e.